The first kappa shape index (κ1) is 15.8. The maximum absolute atomic E-state index is 11.2. The highest BCUT2D eigenvalue weighted by Crippen LogP contribution is 2.31. The fourth-order valence-electron chi connectivity index (χ4n) is 2.52. The SMILES string of the molecule is COc1cc(Nc2ncnn3cc(OC(C)=O)c(C)c23)ccc1C. The molecule has 0 unspecified atom stereocenters. The molecule has 7 heteroatoms. The van der Waals surface area contributed by atoms with Crippen LogP contribution in [0.1, 0.15) is 18.1 Å². The summed E-state index contributed by atoms with van der Waals surface area (Å²) >= 11 is 0. The van der Waals surface area contributed by atoms with Crippen molar-refractivity contribution in [1.82, 2.24) is 14.6 Å². The second-order valence-electron chi connectivity index (χ2n) is 5.42. The number of hydrogen-bond acceptors (Lipinski definition) is 6. The zero-order valence-electron chi connectivity index (χ0n) is 14.0. The molecule has 0 aliphatic carbocycles. The normalized spacial score (nSPS) is 10.7. The summed E-state index contributed by atoms with van der Waals surface area (Å²) in [4.78, 5) is 15.5. The van der Waals surface area contributed by atoms with Gasteiger partial charge in [0.1, 0.15) is 17.6 Å². The highest BCUT2D eigenvalue weighted by molar-refractivity contribution is 5.80. The Morgan fingerprint density at radius 1 is 1.25 bits per heavy atom. The van der Waals surface area contributed by atoms with Gasteiger partial charge in [-0.2, -0.15) is 5.10 Å². The summed E-state index contributed by atoms with van der Waals surface area (Å²) in [6.45, 7) is 5.21. The number of hydrogen-bond donors (Lipinski definition) is 1. The molecule has 2 heterocycles. The highest BCUT2D eigenvalue weighted by atomic mass is 16.5. The number of aromatic nitrogens is 3. The number of carbonyl (C=O) groups is 1. The van der Waals surface area contributed by atoms with Crippen molar-refractivity contribution in [2.45, 2.75) is 20.8 Å². The summed E-state index contributed by atoms with van der Waals surface area (Å²) in [6, 6.07) is 5.82. The van der Waals surface area contributed by atoms with Crippen molar-refractivity contribution in [2.24, 2.45) is 0 Å². The van der Waals surface area contributed by atoms with Crippen molar-refractivity contribution in [2.75, 3.05) is 12.4 Å². The van der Waals surface area contributed by atoms with Gasteiger partial charge in [-0.15, -0.1) is 0 Å². The number of nitrogens with one attached hydrogen (secondary N) is 1. The number of benzene rings is 1. The van der Waals surface area contributed by atoms with Crippen LogP contribution in [-0.2, 0) is 4.79 Å². The van der Waals surface area contributed by atoms with Crippen LogP contribution in [-0.4, -0.2) is 27.7 Å². The van der Waals surface area contributed by atoms with Crippen molar-refractivity contribution in [3.63, 3.8) is 0 Å². The number of carbonyl (C=O) groups excluding carboxylic acids is 1. The van der Waals surface area contributed by atoms with Crippen LogP contribution in [0.25, 0.3) is 5.52 Å². The minimum absolute atomic E-state index is 0.375. The highest BCUT2D eigenvalue weighted by Gasteiger charge is 2.15. The van der Waals surface area contributed by atoms with Crippen LogP contribution in [0.3, 0.4) is 0 Å². The lowest BCUT2D eigenvalue weighted by molar-refractivity contribution is -0.131. The molecule has 1 N–H and O–H groups in total. The van der Waals surface area contributed by atoms with Gasteiger partial charge < -0.3 is 14.8 Å². The zero-order valence-corrected chi connectivity index (χ0v) is 14.0. The largest absolute Gasteiger partial charge is 0.496 e. The van der Waals surface area contributed by atoms with Gasteiger partial charge in [-0.3, -0.25) is 4.79 Å². The smallest absolute Gasteiger partial charge is 0.308 e. The van der Waals surface area contributed by atoms with Crippen LogP contribution in [0.2, 0.25) is 0 Å². The Kier molecular flexibility index (Phi) is 4.07. The minimum Gasteiger partial charge on any atom is -0.496 e. The molecule has 0 saturated carbocycles. The predicted octanol–water partition coefficient (Wildman–Crippen LogP) is 3.02. The van der Waals surface area contributed by atoms with Gasteiger partial charge in [-0.05, 0) is 25.5 Å². The summed E-state index contributed by atoms with van der Waals surface area (Å²) in [7, 11) is 1.64. The van der Waals surface area contributed by atoms with E-state index in [0.29, 0.717) is 11.6 Å². The number of rotatable bonds is 4. The molecule has 0 amide bonds. The van der Waals surface area contributed by atoms with Crippen molar-refractivity contribution in [1.29, 1.82) is 0 Å². The van der Waals surface area contributed by atoms with E-state index in [4.69, 9.17) is 9.47 Å². The van der Waals surface area contributed by atoms with Crippen LogP contribution in [0.4, 0.5) is 11.5 Å². The summed E-state index contributed by atoms with van der Waals surface area (Å²) in [5.41, 5.74) is 3.42. The predicted molar refractivity (Wildman–Crippen MR) is 90.0 cm³/mol. The molecule has 0 aliphatic rings. The zero-order chi connectivity index (χ0) is 17.3. The van der Waals surface area contributed by atoms with E-state index in [1.54, 1.807) is 17.8 Å². The molecule has 2 aromatic heterocycles. The Hall–Kier alpha value is -3.09. The van der Waals surface area contributed by atoms with Gasteiger partial charge in [0.05, 0.1) is 13.3 Å². The summed E-state index contributed by atoms with van der Waals surface area (Å²) in [5.74, 6) is 1.50. The van der Waals surface area contributed by atoms with Gasteiger partial charge in [0.25, 0.3) is 0 Å². The van der Waals surface area contributed by atoms with Gasteiger partial charge in [0.15, 0.2) is 11.6 Å². The minimum atomic E-state index is -0.375. The number of anilines is 2. The second-order valence-corrected chi connectivity index (χ2v) is 5.42. The van der Waals surface area contributed by atoms with E-state index >= 15 is 0 Å². The quantitative estimate of drug-likeness (QED) is 0.743. The van der Waals surface area contributed by atoms with Gasteiger partial charge >= 0.3 is 5.97 Å². The fraction of sp³-hybridized carbons (Fsp3) is 0.235. The molecule has 0 bridgehead atoms. The van der Waals surface area contributed by atoms with Crippen molar-refractivity contribution in [3.05, 3.63) is 41.9 Å². The third-order valence-electron chi connectivity index (χ3n) is 3.71. The number of ether oxygens (including phenoxy) is 2. The molecule has 0 aliphatic heterocycles. The van der Waals surface area contributed by atoms with E-state index in [9.17, 15) is 4.79 Å². The molecular formula is C17H18N4O3. The van der Waals surface area contributed by atoms with E-state index < -0.39 is 0 Å². The Labute approximate surface area is 139 Å². The first-order valence-electron chi connectivity index (χ1n) is 7.42. The molecule has 7 nitrogen and oxygen atoms in total. The summed E-state index contributed by atoms with van der Waals surface area (Å²) < 4.78 is 12.2. The van der Waals surface area contributed by atoms with Gasteiger partial charge in [-0.1, -0.05) is 6.07 Å². The van der Waals surface area contributed by atoms with Gasteiger partial charge in [0, 0.05) is 24.2 Å². The number of aryl methyl sites for hydroxylation is 2. The first-order chi connectivity index (χ1) is 11.5. The number of methoxy groups -OCH3 is 1. The van der Waals surface area contributed by atoms with E-state index in [2.05, 4.69) is 15.4 Å². The Morgan fingerprint density at radius 3 is 2.75 bits per heavy atom. The van der Waals surface area contributed by atoms with Gasteiger partial charge in [-0.25, -0.2) is 9.50 Å². The third-order valence-corrected chi connectivity index (χ3v) is 3.71. The molecule has 0 saturated heterocycles. The maximum atomic E-state index is 11.2. The molecule has 0 radical (unpaired) electrons. The van der Waals surface area contributed by atoms with Crippen LogP contribution >= 0.6 is 0 Å². The lowest BCUT2D eigenvalue weighted by atomic mass is 10.2. The molecule has 1 aromatic carbocycles. The van der Waals surface area contributed by atoms with Gasteiger partial charge in [0.2, 0.25) is 0 Å². The van der Waals surface area contributed by atoms with Crippen LogP contribution < -0.4 is 14.8 Å². The van der Waals surface area contributed by atoms with Crippen molar-refractivity contribution >= 4 is 23.0 Å². The van der Waals surface area contributed by atoms with E-state index in [1.165, 1.54) is 13.3 Å². The molecule has 124 valence electrons. The lowest BCUT2D eigenvalue weighted by Crippen LogP contribution is -2.01. The Morgan fingerprint density at radius 2 is 2.04 bits per heavy atom. The molecule has 3 rings (SSSR count). The Balaban J connectivity index is 2.03. The van der Waals surface area contributed by atoms with Crippen LogP contribution in [0, 0.1) is 13.8 Å². The average molecular weight is 326 g/mol. The Bertz CT molecular complexity index is 918. The monoisotopic (exact) mass is 326 g/mol. The van der Waals surface area contributed by atoms with E-state index in [1.807, 2.05) is 32.0 Å². The van der Waals surface area contributed by atoms with Crippen LogP contribution in [0.15, 0.2) is 30.7 Å². The summed E-state index contributed by atoms with van der Waals surface area (Å²) in [6.07, 6.45) is 3.10. The molecular weight excluding hydrogens is 308 g/mol. The number of fused-ring (bicyclic) bond motifs is 1. The molecule has 3 aromatic rings. The molecule has 0 atom stereocenters. The average Bonchev–Trinajstić information content (AvgIpc) is 2.85. The second kappa shape index (κ2) is 6.19. The molecule has 0 fully saturated rings. The molecule has 0 spiro atoms. The van der Waals surface area contributed by atoms with E-state index in [-0.39, 0.29) is 5.97 Å². The third kappa shape index (κ3) is 2.88. The standard InChI is InChI=1S/C17H18N4O3/c1-10-5-6-13(7-14(10)23-4)20-17-16-11(2)15(24-12(3)22)8-21(16)19-9-18-17/h5-9H,1-4H3,(H,18,19,20). The lowest BCUT2D eigenvalue weighted by Gasteiger charge is -2.10. The summed E-state index contributed by atoms with van der Waals surface area (Å²) in [5, 5.41) is 7.43. The topological polar surface area (TPSA) is 77.8 Å². The number of esters is 1. The fourth-order valence-corrected chi connectivity index (χ4v) is 2.52. The first-order valence-corrected chi connectivity index (χ1v) is 7.42. The van der Waals surface area contributed by atoms with Crippen LogP contribution in [0.5, 0.6) is 11.5 Å². The van der Waals surface area contributed by atoms with Crippen molar-refractivity contribution < 1.29 is 14.3 Å². The van der Waals surface area contributed by atoms with E-state index in [0.717, 1.165) is 28.1 Å². The number of nitrogens with zero attached hydrogens (tertiary/aromatic N) is 3. The van der Waals surface area contributed by atoms with Crippen molar-refractivity contribution in [3.8, 4) is 11.5 Å². The maximum Gasteiger partial charge on any atom is 0.308 e. The molecule has 24 heavy (non-hydrogen) atoms.